The molecular weight excluding hydrogens is 318 g/mol. The van der Waals surface area contributed by atoms with Crippen molar-refractivity contribution < 1.29 is 19.0 Å². The standard InChI is InChI=1S/C20H25NO4/c1-4-24-20(22)17(21)12-15-9-10-19(23-3)16(11-15)13-25-18-8-6-5-7-14(18)2/h5-11,17H,4,12-13,21H2,1-3H3. The van der Waals surface area contributed by atoms with E-state index in [1.807, 2.05) is 49.4 Å². The number of methoxy groups -OCH3 is 1. The van der Waals surface area contributed by atoms with Crippen LogP contribution in [0.25, 0.3) is 0 Å². The molecule has 0 saturated carbocycles. The highest BCUT2D eigenvalue weighted by Crippen LogP contribution is 2.24. The maximum Gasteiger partial charge on any atom is 0.323 e. The first kappa shape index (κ1) is 18.8. The minimum absolute atomic E-state index is 0.324. The van der Waals surface area contributed by atoms with Gasteiger partial charge in [-0.1, -0.05) is 24.3 Å². The molecule has 25 heavy (non-hydrogen) atoms. The molecular formula is C20H25NO4. The molecule has 0 bridgehead atoms. The number of carbonyl (C=O) groups excluding carboxylic acids is 1. The van der Waals surface area contributed by atoms with E-state index in [9.17, 15) is 4.79 Å². The quantitative estimate of drug-likeness (QED) is 0.746. The van der Waals surface area contributed by atoms with E-state index in [2.05, 4.69) is 0 Å². The summed E-state index contributed by atoms with van der Waals surface area (Å²) in [7, 11) is 1.62. The highest BCUT2D eigenvalue weighted by molar-refractivity contribution is 5.75. The number of nitrogens with two attached hydrogens (primary N) is 1. The van der Waals surface area contributed by atoms with E-state index in [1.54, 1.807) is 14.0 Å². The van der Waals surface area contributed by atoms with Gasteiger partial charge in [-0.05, 0) is 49.6 Å². The van der Waals surface area contributed by atoms with E-state index in [4.69, 9.17) is 19.9 Å². The molecule has 1 atom stereocenters. The number of carbonyl (C=O) groups is 1. The molecule has 0 heterocycles. The van der Waals surface area contributed by atoms with Gasteiger partial charge in [-0.15, -0.1) is 0 Å². The van der Waals surface area contributed by atoms with Crippen LogP contribution in [0.3, 0.4) is 0 Å². The molecule has 0 aliphatic carbocycles. The van der Waals surface area contributed by atoms with Gasteiger partial charge < -0.3 is 19.9 Å². The van der Waals surface area contributed by atoms with Gasteiger partial charge in [-0.2, -0.15) is 0 Å². The Kier molecular flexibility index (Phi) is 6.83. The van der Waals surface area contributed by atoms with Crippen LogP contribution in [0.5, 0.6) is 11.5 Å². The largest absolute Gasteiger partial charge is 0.496 e. The third kappa shape index (κ3) is 5.22. The third-order valence-electron chi connectivity index (χ3n) is 3.87. The zero-order valence-electron chi connectivity index (χ0n) is 15.0. The van der Waals surface area contributed by atoms with Crippen molar-refractivity contribution in [3.8, 4) is 11.5 Å². The Morgan fingerprint density at radius 1 is 1.16 bits per heavy atom. The summed E-state index contributed by atoms with van der Waals surface area (Å²) in [6.45, 7) is 4.46. The summed E-state index contributed by atoms with van der Waals surface area (Å²) in [5.41, 5.74) is 8.81. The number of hydrogen-bond donors (Lipinski definition) is 1. The lowest BCUT2D eigenvalue weighted by molar-refractivity contribution is -0.144. The van der Waals surface area contributed by atoms with Gasteiger partial charge in [0.1, 0.15) is 24.1 Å². The SMILES string of the molecule is CCOC(=O)C(N)Cc1ccc(OC)c(COc2ccccc2C)c1. The fourth-order valence-electron chi connectivity index (χ4n) is 2.53. The fraction of sp³-hybridized carbons (Fsp3) is 0.350. The topological polar surface area (TPSA) is 70.8 Å². The zero-order valence-corrected chi connectivity index (χ0v) is 15.0. The van der Waals surface area contributed by atoms with Crippen molar-refractivity contribution in [2.45, 2.75) is 32.9 Å². The Balaban J connectivity index is 2.11. The van der Waals surface area contributed by atoms with Crippen LogP contribution in [0, 0.1) is 6.92 Å². The lowest BCUT2D eigenvalue weighted by Crippen LogP contribution is -2.34. The number of esters is 1. The Morgan fingerprint density at radius 3 is 2.60 bits per heavy atom. The van der Waals surface area contributed by atoms with Gasteiger partial charge in [0.2, 0.25) is 0 Å². The number of hydrogen-bond acceptors (Lipinski definition) is 5. The monoisotopic (exact) mass is 343 g/mol. The van der Waals surface area contributed by atoms with Gasteiger partial charge >= 0.3 is 5.97 Å². The van der Waals surface area contributed by atoms with Crippen molar-refractivity contribution in [3.05, 3.63) is 59.2 Å². The third-order valence-corrected chi connectivity index (χ3v) is 3.87. The first-order valence-electron chi connectivity index (χ1n) is 8.31. The second-order valence-electron chi connectivity index (χ2n) is 5.76. The van der Waals surface area contributed by atoms with Crippen molar-refractivity contribution in [2.75, 3.05) is 13.7 Å². The minimum atomic E-state index is -0.682. The van der Waals surface area contributed by atoms with E-state index in [-0.39, 0.29) is 0 Å². The summed E-state index contributed by atoms with van der Waals surface area (Å²) in [4.78, 5) is 11.7. The summed E-state index contributed by atoms with van der Waals surface area (Å²) in [5, 5.41) is 0. The number of rotatable bonds is 8. The lowest BCUT2D eigenvalue weighted by Gasteiger charge is -2.15. The predicted molar refractivity (Wildman–Crippen MR) is 96.8 cm³/mol. The van der Waals surface area contributed by atoms with Crippen LogP contribution in [0.15, 0.2) is 42.5 Å². The van der Waals surface area contributed by atoms with Crippen molar-refractivity contribution >= 4 is 5.97 Å². The van der Waals surface area contributed by atoms with Crippen molar-refractivity contribution in [1.82, 2.24) is 0 Å². The summed E-state index contributed by atoms with van der Waals surface area (Å²) in [6.07, 6.45) is 0.403. The number of para-hydroxylation sites is 1. The van der Waals surface area contributed by atoms with Crippen molar-refractivity contribution in [2.24, 2.45) is 5.73 Å². The molecule has 0 radical (unpaired) electrons. The molecule has 0 saturated heterocycles. The summed E-state index contributed by atoms with van der Waals surface area (Å²) < 4.78 is 16.3. The normalized spacial score (nSPS) is 11.7. The highest BCUT2D eigenvalue weighted by atomic mass is 16.5. The summed E-state index contributed by atoms with van der Waals surface area (Å²) >= 11 is 0. The molecule has 0 aliphatic heterocycles. The van der Waals surface area contributed by atoms with Crippen LogP contribution in [-0.4, -0.2) is 25.7 Å². The molecule has 0 spiro atoms. The molecule has 0 aromatic heterocycles. The number of benzene rings is 2. The number of ether oxygens (including phenoxy) is 3. The first-order chi connectivity index (χ1) is 12.0. The second-order valence-corrected chi connectivity index (χ2v) is 5.76. The average molecular weight is 343 g/mol. The second kappa shape index (κ2) is 9.08. The van der Waals surface area contributed by atoms with Gasteiger partial charge in [0.05, 0.1) is 13.7 Å². The van der Waals surface area contributed by atoms with Crippen molar-refractivity contribution in [3.63, 3.8) is 0 Å². The van der Waals surface area contributed by atoms with E-state index in [1.165, 1.54) is 0 Å². The van der Waals surface area contributed by atoms with E-state index < -0.39 is 12.0 Å². The fourth-order valence-corrected chi connectivity index (χ4v) is 2.53. The van der Waals surface area contributed by atoms with Gasteiger partial charge in [0.15, 0.2) is 0 Å². The molecule has 1 unspecified atom stereocenters. The van der Waals surface area contributed by atoms with Gasteiger partial charge in [-0.25, -0.2) is 0 Å². The van der Waals surface area contributed by atoms with Crippen LogP contribution >= 0.6 is 0 Å². The molecule has 0 aliphatic rings. The Hall–Kier alpha value is -2.53. The Labute approximate surface area is 148 Å². The summed E-state index contributed by atoms with van der Waals surface area (Å²) in [6, 6.07) is 12.9. The van der Waals surface area contributed by atoms with Crippen LogP contribution in [0.4, 0.5) is 0 Å². The van der Waals surface area contributed by atoms with Gasteiger partial charge in [-0.3, -0.25) is 4.79 Å². The average Bonchev–Trinajstić information content (AvgIpc) is 2.61. The zero-order chi connectivity index (χ0) is 18.2. The first-order valence-corrected chi connectivity index (χ1v) is 8.31. The summed E-state index contributed by atoms with van der Waals surface area (Å²) in [5.74, 6) is 1.18. The molecule has 2 rings (SSSR count). The smallest absolute Gasteiger partial charge is 0.323 e. The molecule has 2 N–H and O–H groups in total. The van der Waals surface area contributed by atoms with E-state index in [0.29, 0.717) is 19.6 Å². The molecule has 134 valence electrons. The molecule has 5 nitrogen and oxygen atoms in total. The Bertz CT molecular complexity index is 715. The lowest BCUT2D eigenvalue weighted by atomic mass is 10.0. The Morgan fingerprint density at radius 2 is 1.92 bits per heavy atom. The van der Waals surface area contributed by atoms with E-state index >= 15 is 0 Å². The molecule has 0 amide bonds. The van der Waals surface area contributed by atoms with Gasteiger partial charge in [0, 0.05) is 5.56 Å². The molecule has 0 fully saturated rings. The number of aryl methyl sites for hydroxylation is 1. The maximum atomic E-state index is 11.7. The maximum absolute atomic E-state index is 11.7. The minimum Gasteiger partial charge on any atom is -0.496 e. The van der Waals surface area contributed by atoms with Crippen molar-refractivity contribution in [1.29, 1.82) is 0 Å². The highest BCUT2D eigenvalue weighted by Gasteiger charge is 2.16. The van der Waals surface area contributed by atoms with Crippen LogP contribution in [-0.2, 0) is 22.6 Å². The van der Waals surface area contributed by atoms with Crippen LogP contribution in [0.2, 0.25) is 0 Å². The van der Waals surface area contributed by atoms with Gasteiger partial charge in [0.25, 0.3) is 0 Å². The predicted octanol–water partition coefficient (Wildman–Crippen LogP) is 3.02. The molecule has 2 aromatic carbocycles. The molecule has 5 heteroatoms. The van der Waals surface area contributed by atoms with E-state index in [0.717, 1.165) is 28.2 Å². The van der Waals surface area contributed by atoms with Crippen LogP contribution in [0.1, 0.15) is 23.6 Å². The molecule has 2 aromatic rings. The van der Waals surface area contributed by atoms with Crippen LogP contribution < -0.4 is 15.2 Å².